The van der Waals surface area contributed by atoms with Gasteiger partial charge in [-0.1, -0.05) is 104 Å². The van der Waals surface area contributed by atoms with E-state index >= 15 is 0 Å². The van der Waals surface area contributed by atoms with Crippen molar-refractivity contribution in [2.75, 3.05) is 0 Å². The van der Waals surface area contributed by atoms with Gasteiger partial charge in [0.15, 0.2) is 0 Å². The molecule has 0 fully saturated rings. The van der Waals surface area contributed by atoms with Gasteiger partial charge in [0.05, 0.1) is 6.10 Å². The minimum absolute atomic E-state index is 0.278. The van der Waals surface area contributed by atoms with E-state index in [2.05, 4.69) is 81.5 Å². The van der Waals surface area contributed by atoms with Gasteiger partial charge in [-0.2, -0.15) is 0 Å². The lowest BCUT2D eigenvalue weighted by molar-refractivity contribution is 0.206. The van der Waals surface area contributed by atoms with E-state index in [1.54, 1.807) is 0 Å². The fourth-order valence-corrected chi connectivity index (χ4v) is 6.19. The molecule has 0 radical (unpaired) electrons. The SMILES string of the molecule is CCCCCC[C@H](C)Oc1ccc(C2=CC=C(c3ccc(CCCCC)cc3)SS2)cc1. The van der Waals surface area contributed by atoms with Crippen LogP contribution in [0.5, 0.6) is 5.75 Å². The highest BCUT2D eigenvalue weighted by molar-refractivity contribution is 8.83. The normalized spacial score (nSPS) is 14.6. The third-order valence-electron chi connectivity index (χ3n) is 5.86. The number of hydrogen-bond donors (Lipinski definition) is 0. The quantitative estimate of drug-likeness (QED) is 0.215. The smallest absolute Gasteiger partial charge is 0.119 e. The van der Waals surface area contributed by atoms with Gasteiger partial charge in [0, 0.05) is 9.81 Å². The second-order valence-electron chi connectivity index (χ2n) is 8.68. The van der Waals surface area contributed by atoms with Crippen LogP contribution in [-0.2, 0) is 6.42 Å². The molecular formula is C29H38OS2. The van der Waals surface area contributed by atoms with Crippen LogP contribution in [0, 0.1) is 0 Å². The first-order valence-corrected chi connectivity index (χ1v) is 14.5. The van der Waals surface area contributed by atoms with Crippen LogP contribution in [-0.4, -0.2) is 6.10 Å². The van der Waals surface area contributed by atoms with E-state index in [4.69, 9.17) is 4.74 Å². The van der Waals surface area contributed by atoms with E-state index in [0.29, 0.717) is 0 Å². The van der Waals surface area contributed by atoms with E-state index in [1.807, 2.05) is 21.6 Å². The Morgan fingerprint density at radius 3 is 1.81 bits per heavy atom. The number of aryl methyl sites for hydroxylation is 1. The molecule has 0 aromatic heterocycles. The van der Waals surface area contributed by atoms with Crippen molar-refractivity contribution in [3.05, 3.63) is 77.4 Å². The van der Waals surface area contributed by atoms with Crippen LogP contribution in [0.15, 0.2) is 60.7 Å². The van der Waals surface area contributed by atoms with Crippen LogP contribution < -0.4 is 4.74 Å². The first kappa shape index (κ1) is 25.1. The predicted octanol–water partition coefficient (Wildman–Crippen LogP) is 9.93. The Kier molecular flexibility index (Phi) is 10.8. The van der Waals surface area contributed by atoms with Gasteiger partial charge >= 0.3 is 0 Å². The molecule has 32 heavy (non-hydrogen) atoms. The Morgan fingerprint density at radius 1 is 0.688 bits per heavy atom. The summed E-state index contributed by atoms with van der Waals surface area (Å²) in [4.78, 5) is 2.63. The van der Waals surface area contributed by atoms with Gasteiger partial charge in [-0.25, -0.2) is 0 Å². The Labute approximate surface area is 203 Å². The monoisotopic (exact) mass is 466 g/mol. The molecule has 3 rings (SSSR count). The summed E-state index contributed by atoms with van der Waals surface area (Å²) in [5, 5.41) is 0. The molecule has 0 bridgehead atoms. The summed E-state index contributed by atoms with van der Waals surface area (Å²) in [5.41, 5.74) is 4.02. The minimum atomic E-state index is 0.278. The molecule has 1 heterocycles. The van der Waals surface area contributed by atoms with E-state index in [9.17, 15) is 0 Å². The van der Waals surface area contributed by atoms with Gasteiger partial charge in [0.1, 0.15) is 5.75 Å². The fourth-order valence-electron chi connectivity index (χ4n) is 3.85. The largest absolute Gasteiger partial charge is 0.491 e. The maximum atomic E-state index is 6.11. The molecule has 1 aliphatic rings. The van der Waals surface area contributed by atoms with Crippen LogP contribution in [0.1, 0.15) is 88.8 Å². The summed E-state index contributed by atoms with van der Waals surface area (Å²) in [6.07, 6.45) is 16.2. The summed E-state index contributed by atoms with van der Waals surface area (Å²) in [7, 11) is 3.70. The van der Waals surface area contributed by atoms with Gasteiger partial charge in [0.2, 0.25) is 0 Å². The zero-order valence-corrected chi connectivity index (χ0v) is 21.6. The molecule has 172 valence electrons. The van der Waals surface area contributed by atoms with Crippen LogP contribution in [0.4, 0.5) is 0 Å². The lowest BCUT2D eigenvalue weighted by atomic mass is 10.0. The Bertz CT molecular complexity index is 865. The summed E-state index contributed by atoms with van der Waals surface area (Å²) in [6.45, 7) is 6.69. The molecule has 3 heteroatoms. The van der Waals surface area contributed by atoms with Crippen molar-refractivity contribution in [3.63, 3.8) is 0 Å². The van der Waals surface area contributed by atoms with E-state index in [-0.39, 0.29) is 6.10 Å². The van der Waals surface area contributed by atoms with Crippen molar-refractivity contribution in [1.82, 2.24) is 0 Å². The molecule has 1 atom stereocenters. The number of ether oxygens (including phenoxy) is 1. The van der Waals surface area contributed by atoms with Crippen molar-refractivity contribution in [2.45, 2.75) is 84.7 Å². The number of hydrogen-bond acceptors (Lipinski definition) is 3. The summed E-state index contributed by atoms with van der Waals surface area (Å²) in [6, 6.07) is 17.7. The van der Waals surface area contributed by atoms with Crippen molar-refractivity contribution in [1.29, 1.82) is 0 Å². The Morgan fingerprint density at radius 2 is 1.25 bits per heavy atom. The Balaban J connectivity index is 1.53. The number of allylic oxidation sites excluding steroid dienone is 2. The van der Waals surface area contributed by atoms with E-state index < -0.39 is 0 Å². The highest BCUT2D eigenvalue weighted by Gasteiger charge is 2.12. The van der Waals surface area contributed by atoms with Gasteiger partial charge in [-0.15, -0.1) is 0 Å². The van der Waals surface area contributed by atoms with Crippen molar-refractivity contribution >= 4 is 31.4 Å². The molecule has 0 aliphatic carbocycles. The first-order chi connectivity index (χ1) is 15.7. The maximum Gasteiger partial charge on any atom is 0.119 e. The Hall–Kier alpha value is -1.58. The summed E-state index contributed by atoms with van der Waals surface area (Å²) < 4.78 is 6.11. The lowest BCUT2D eigenvalue weighted by Gasteiger charge is -2.16. The molecule has 2 aromatic rings. The number of benzene rings is 2. The molecule has 2 aromatic carbocycles. The van der Waals surface area contributed by atoms with Crippen molar-refractivity contribution in [2.24, 2.45) is 0 Å². The molecule has 0 spiro atoms. The third-order valence-corrected chi connectivity index (χ3v) is 8.37. The highest BCUT2D eigenvalue weighted by atomic mass is 33.1. The van der Waals surface area contributed by atoms with Crippen molar-refractivity contribution < 1.29 is 4.74 Å². The fraction of sp³-hybridized carbons (Fsp3) is 0.448. The molecular weight excluding hydrogens is 428 g/mol. The van der Waals surface area contributed by atoms with E-state index in [0.717, 1.165) is 12.2 Å². The molecule has 0 saturated heterocycles. The first-order valence-electron chi connectivity index (χ1n) is 12.3. The van der Waals surface area contributed by atoms with Gasteiger partial charge < -0.3 is 4.74 Å². The van der Waals surface area contributed by atoms with Crippen LogP contribution >= 0.6 is 21.6 Å². The number of rotatable bonds is 13. The average molecular weight is 467 g/mol. The topological polar surface area (TPSA) is 9.23 Å². The second kappa shape index (κ2) is 13.9. The zero-order valence-electron chi connectivity index (χ0n) is 19.9. The second-order valence-corrected chi connectivity index (χ2v) is 10.9. The van der Waals surface area contributed by atoms with Crippen LogP contribution in [0.2, 0.25) is 0 Å². The molecule has 1 nitrogen and oxygen atoms in total. The summed E-state index contributed by atoms with van der Waals surface area (Å²) >= 11 is 0. The lowest BCUT2D eigenvalue weighted by Crippen LogP contribution is -2.11. The predicted molar refractivity (Wildman–Crippen MR) is 146 cm³/mol. The number of unbranched alkanes of at least 4 members (excludes halogenated alkanes) is 5. The minimum Gasteiger partial charge on any atom is -0.491 e. The van der Waals surface area contributed by atoms with Crippen molar-refractivity contribution in [3.8, 4) is 5.75 Å². The van der Waals surface area contributed by atoms with Gasteiger partial charge in [-0.05, 0) is 73.6 Å². The van der Waals surface area contributed by atoms with E-state index in [1.165, 1.54) is 77.9 Å². The summed E-state index contributed by atoms with van der Waals surface area (Å²) in [5.74, 6) is 0.973. The maximum absolute atomic E-state index is 6.11. The molecule has 1 aliphatic heterocycles. The van der Waals surface area contributed by atoms with Crippen LogP contribution in [0.25, 0.3) is 9.81 Å². The average Bonchev–Trinajstić information content (AvgIpc) is 2.83. The standard InChI is InChI=1S/C29H38OS2/c1-4-6-8-10-11-23(3)30-27-19-17-26(18-20-27)29-22-21-28(31-32-29)25-15-13-24(14-16-25)12-9-7-5-2/h13-23H,4-12H2,1-3H3/t23-/m0/s1. The van der Waals surface area contributed by atoms with Gasteiger partial charge in [0.25, 0.3) is 0 Å². The molecule has 0 amide bonds. The highest BCUT2D eigenvalue weighted by Crippen LogP contribution is 2.48. The third kappa shape index (κ3) is 8.08. The molecule has 0 unspecified atom stereocenters. The zero-order chi connectivity index (χ0) is 22.6. The molecule has 0 saturated carbocycles. The van der Waals surface area contributed by atoms with Crippen LogP contribution in [0.3, 0.4) is 0 Å². The van der Waals surface area contributed by atoms with Gasteiger partial charge in [-0.3, -0.25) is 0 Å². The molecule has 0 N–H and O–H groups in total.